The molecule has 2 N–H and O–H groups in total. The third kappa shape index (κ3) is 3.45. The van der Waals surface area contributed by atoms with Crippen LogP contribution in [0.2, 0.25) is 0 Å². The van der Waals surface area contributed by atoms with Gasteiger partial charge < -0.3 is 15.0 Å². The van der Waals surface area contributed by atoms with Crippen molar-refractivity contribution in [1.29, 1.82) is 0 Å². The monoisotopic (exact) mass is 374 g/mol. The summed E-state index contributed by atoms with van der Waals surface area (Å²) in [7, 11) is 0. The molecule has 0 aliphatic heterocycles. The number of anilines is 1. The Morgan fingerprint density at radius 2 is 1.82 bits per heavy atom. The number of aromatic nitrogens is 3. The Balaban J connectivity index is 1.49. The van der Waals surface area contributed by atoms with E-state index in [2.05, 4.69) is 59.6 Å². The van der Waals surface area contributed by atoms with Crippen molar-refractivity contribution >= 4 is 27.8 Å². The third-order valence-electron chi connectivity index (χ3n) is 5.35. The first-order valence-electron chi connectivity index (χ1n) is 9.70. The van der Waals surface area contributed by atoms with Crippen LogP contribution in [0.3, 0.4) is 0 Å². The summed E-state index contributed by atoms with van der Waals surface area (Å²) in [5.41, 5.74) is 12.8. The van der Waals surface area contributed by atoms with Crippen molar-refractivity contribution in [2.45, 2.75) is 39.8 Å². The summed E-state index contributed by atoms with van der Waals surface area (Å²) in [4.78, 5) is 8.94. The fourth-order valence-corrected chi connectivity index (χ4v) is 3.85. The van der Waals surface area contributed by atoms with Crippen molar-refractivity contribution in [3.63, 3.8) is 0 Å². The molecule has 4 rings (SSSR count). The number of imidazole rings is 1. The van der Waals surface area contributed by atoms with Gasteiger partial charge in [0.2, 0.25) is 0 Å². The number of benzene rings is 2. The standard InChI is InChI=1S/C23H26N4O/c1-15-7-6-8-16(2)19(15)13-17(3)28-12-11-27-14-25-21-22(27)18-9-4-5-10-20(18)26-23(21)24/h4-10,14,17H,11-13H2,1-3H3,(H2,24,26). The SMILES string of the molecule is Cc1cccc(C)c1CC(C)OCCn1cnc2c(N)nc3ccccc3c21. The average Bonchev–Trinajstić information content (AvgIpc) is 3.10. The summed E-state index contributed by atoms with van der Waals surface area (Å²) < 4.78 is 8.24. The predicted molar refractivity (Wildman–Crippen MR) is 114 cm³/mol. The average molecular weight is 374 g/mol. The van der Waals surface area contributed by atoms with Crippen molar-refractivity contribution < 1.29 is 4.74 Å². The Hall–Kier alpha value is -2.92. The van der Waals surface area contributed by atoms with Gasteiger partial charge in [0.25, 0.3) is 0 Å². The van der Waals surface area contributed by atoms with Crippen LogP contribution in [0.25, 0.3) is 21.9 Å². The number of nitrogens with two attached hydrogens (primary N) is 1. The number of rotatable bonds is 6. The molecule has 0 aliphatic carbocycles. The molecule has 0 aliphatic rings. The maximum absolute atomic E-state index is 6.12. The molecule has 0 radical (unpaired) electrons. The van der Waals surface area contributed by atoms with Crippen molar-refractivity contribution in [3.8, 4) is 0 Å². The fraction of sp³-hybridized carbons (Fsp3) is 0.304. The highest BCUT2D eigenvalue weighted by Gasteiger charge is 2.13. The zero-order valence-electron chi connectivity index (χ0n) is 16.6. The fourth-order valence-electron chi connectivity index (χ4n) is 3.85. The summed E-state index contributed by atoms with van der Waals surface area (Å²) in [6.07, 6.45) is 2.90. The molecule has 1 atom stereocenters. The highest BCUT2D eigenvalue weighted by Crippen LogP contribution is 2.27. The minimum Gasteiger partial charge on any atom is -0.382 e. The Kier molecular flexibility index (Phi) is 5.01. The second-order valence-electron chi connectivity index (χ2n) is 7.41. The van der Waals surface area contributed by atoms with Gasteiger partial charge in [-0.2, -0.15) is 0 Å². The molecule has 28 heavy (non-hydrogen) atoms. The second kappa shape index (κ2) is 7.60. The molecule has 0 spiro atoms. The molecule has 0 saturated heterocycles. The highest BCUT2D eigenvalue weighted by atomic mass is 16.5. The van der Waals surface area contributed by atoms with Gasteiger partial charge in [0.15, 0.2) is 5.82 Å². The number of hydrogen-bond donors (Lipinski definition) is 1. The van der Waals surface area contributed by atoms with Gasteiger partial charge in [-0.3, -0.25) is 0 Å². The lowest BCUT2D eigenvalue weighted by molar-refractivity contribution is 0.0610. The zero-order valence-corrected chi connectivity index (χ0v) is 16.6. The summed E-state index contributed by atoms with van der Waals surface area (Å²) in [5.74, 6) is 0.469. The quantitative estimate of drug-likeness (QED) is 0.542. The number of fused-ring (bicyclic) bond motifs is 3. The maximum Gasteiger partial charge on any atom is 0.152 e. The van der Waals surface area contributed by atoms with Gasteiger partial charge >= 0.3 is 0 Å². The van der Waals surface area contributed by atoms with Gasteiger partial charge in [-0.1, -0.05) is 36.4 Å². The van der Waals surface area contributed by atoms with Gasteiger partial charge in [-0.15, -0.1) is 0 Å². The molecule has 0 bridgehead atoms. The van der Waals surface area contributed by atoms with Crippen molar-refractivity contribution in [1.82, 2.24) is 14.5 Å². The molecule has 0 fully saturated rings. The smallest absolute Gasteiger partial charge is 0.152 e. The summed E-state index contributed by atoms with van der Waals surface area (Å²) in [6.45, 7) is 7.80. The largest absolute Gasteiger partial charge is 0.382 e. The van der Waals surface area contributed by atoms with Crippen LogP contribution in [0, 0.1) is 13.8 Å². The summed E-state index contributed by atoms with van der Waals surface area (Å²) >= 11 is 0. The Bertz CT molecular complexity index is 1110. The molecule has 2 heterocycles. The predicted octanol–water partition coefficient (Wildman–Crippen LogP) is 4.43. The minimum absolute atomic E-state index is 0.151. The molecule has 5 nitrogen and oxygen atoms in total. The first kappa shape index (κ1) is 18.4. The van der Waals surface area contributed by atoms with Crippen LogP contribution in [-0.4, -0.2) is 27.2 Å². The molecule has 5 heteroatoms. The van der Waals surface area contributed by atoms with Crippen LogP contribution in [0.15, 0.2) is 48.8 Å². The van der Waals surface area contributed by atoms with Gasteiger partial charge in [-0.05, 0) is 49.9 Å². The molecule has 144 valence electrons. The van der Waals surface area contributed by atoms with Crippen LogP contribution >= 0.6 is 0 Å². The third-order valence-corrected chi connectivity index (χ3v) is 5.35. The second-order valence-corrected chi connectivity index (χ2v) is 7.41. The van der Waals surface area contributed by atoms with E-state index in [0.717, 1.165) is 34.9 Å². The number of nitrogen functional groups attached to an aromatic ring is 1. The number of para-hydroxylation sites is 1. The number of hydrogen-bond acceptors (Lipinski definition) is 4. The zero-order chi connectivity index (χ0) is 19.7. The molecule has 4 aromatic rings. The molecular weight excluding hydrogens is 348 g/mol. The van der Waals surface area contributed by atoms with E-state index in [0.29, 0.717) is 12.4 Å². The number of nitrogens with zero attached hydrogens (tertiary/aromatic N) is 3. The molecule has 0 saturated carbocycles. The van der Waals surface area contributed by atoms with Gasteiger partial charge in [0.05, 0.1) is 30.1 Å². The van der Waals surface area contributed by atoms with Crippen LogP contribution in [0.4, 0.5) is 5.82 Å². The van der Waals surface area contributed by atoms with Crippen LogP contribution < -0.4 is 5.73 Å². The molecule has 2 aromatic carbocycles. The van der Waals surface area contributed by atoms with E-state index in [1.54, 1.807) is 0 Å². The van der Waals surface area contributed by atoms with Gasteiger partial charge in [0.1, 0.15) is 5.52 Å². The summed E-state index contributed by atoms with van der Waals surface area (Å²) in [6, 6.07) is 14.5. The Labute approximate surface area is 165 Å². The van der Waals surface area contributed by atoms with Crippen molar-refractivity contribution in [2.75, 3.05) is 12.3 Å². The normalized spacial score (nSPS) is 12.7. The van der Waals surface area contributed by atoms with E-state index >= 15 is 0 Å². The topological polar surface area (TPSA) is 66.0 Å². The molecule has 0 amide bonds. The molecular formula is C23H26N4O. The maximum atomic E-state index is 6.12. The minimum atomic E-state index is 0.151. The number of aryl methyl sites for hydroxylation is 2. The van der Waals surface area contributed by atoms with Gasteiger partial charge in [0, 0.05) is 11.9 Å². The van der Waals surface area contributed by atoms with Gasteiger partial charge in [-0.25, -0.2) is 9.97 Å². The first-order chi connectivity index (χ1) is 13.5. The van der Waals surface area contributed by atoms with Crippen LogP contribution in [0.1, 0.15) is 23.6 Å². The Morgan fingerprint density at radius 1 is 1.07 bits per heavy atom. The van der Waals surface area contributed by atoms with E-state index < -0.39 is 0 Å². The molecule has 2 aromatic heterocycles. The first-order valence-corrected chi connectivity index (χ1v) is 9.70. The van der Waals surface area contributed by atoms with E-state index in [9.17, 15) is 0 Å². The van der Waals surface area contributed by atoms with E-state index in [4.69, 9.17) is 10.5 Å². The van der Waals surface area contributed by atoms with Crippen LogP contribution in [0.5, 0.6) is 0 Å². The highest BCUT2D eigenvalue weighted by molar-refractivity contribution is 6.06. The van der Waals surface area contributed by atoms with Crippen molar-refractivity contribution in [2.24, 2.45) is 0 Å². The van der Waals surface area contributed by atoms with E-state index in [1.165, 1.54) is 16.7 Å². The lowest BCUT2D eigenvalue weighted by atomic mass is 9.98. The van der Waals surface area contributed by atoms with Crippen LogP contribution in [-0.2, 0) is 17.7 Å². The number of pyridine rings is 1. The van der Waals surface area contributed by atoms with E-state index in [1.807, 2.05) is 24.5 Å². The van der Waals surface area contributed by atoms with E-state index in [-0.39, 0.29) is 6.10 Å². The number of ether oxygens (including phenoxy) is 1. The lowest BCUT2D eigenvalue weighted by Crippen LogP contribution is -2.16. The lowest BCUT2D eigenvalue weighted by Gasteiger charge is -2.17. The Morgan fingerprint density at radius 3 is 2.61 bits per heavy atom. The van der Waals surface area contributed by atoms with Crippen molar-refractivity contribution in [3.05, 3.63) is 65.5 Å². The summed E-state index contributed by atoms with van der Waals surface area (Å²) in [5, 5.41) is 1.06. The molecule has 1 unspecified atom stereocenters.